The van der Waals surface area contributed by atoms with Gasteiger partial charge in [-0.15, -0.1) is 11.8 Å². The molecule has 0 aliphatic heterocycles. The lowest BCUT2D eigenvalue weighted by atomic mass is 10.2. The number of Topliss-reactive ketones (excluding diaryl/α,β-unsaturated/α-hetero) is 1. The molecule has 3 nitrogen and oxygen atoms in total. The molecule has 0 radical (unpaired) electrons. The van der Waals surface area contributed by atoms with Crippen molar-refractivity contribution in [2.75, 3.05) is 12.9 Å². The predicted octanol–water partition coefficient (Wildman–Crippen LogP) is 3.72. The van der Waals surface area contributed by atoms with Gasteiger partial charge in [-0.2, -0.15) is 0 Å². The number of methoxy groups -OCH3 is 1. The molecule has 1 aromatic heterocycles. The van der Waals surface area contributed by atoms with Crippen LogP contribution in [-0.4, -0.2) is 23.6 Å². The summed E-state index contributed by atoms with van der Waals surface area (Å²) >= 11 is 7.45. The van der Waals surface area contributed by atoms with Gasteiger partial charge in [-0.3, -0.25) is 9.78 Å². The van der Waals surface area contributed by atoms with Crippen LogP contribution in [0.25, 0.3) is 0 Å². The standard InChI is InChI=1S/C14H12ClNO2S/c1-18-11-6-10(7-16-8-11)13(17)9-19-14-5-3-2-4-12(14)15/h2-8H,9H2,1H3. The smallest absolute Gasteiger partial charge is 0.174 e. The number of carbonyl (C=O) groups is 1. The van der Waals surface area contributed by atoms with E-state index in [0.717, 1.165) is 4.90 Å². The molecule has 5 heteroatoms. The van der Waals surface area contributed by atoms with Crippen LogP contribution in [-0.2, 0) is 0 Å². The molecular weight excluding hydrogens is 282 g/mol. The molecule has 0 saturated heterocycles. The Labute approximate surface area is 121 Å². The summed E-state index contributed by atoms with van der Waals surface area (Å²) in [5.74, 6) is 0.892. The molecular formula is C14H12ClNO2S. The van der Waals surface area contributed by atoms with Crippen LogP contribution in [0.15, 0.2) is 47.6 Å². The molecule has 0 N–H and O–H groups in total. The maximum atomic E-state index is 12.0. The van der Waals surface area contributed by atoms with E-state index in [0.29, 0.717) is 22.1 Å². The number of benzene rings is 1. The first-order valence-corrected chi connectivity index (χ1v) is 6.96. The van der Waals surface area contributed by atoms with Gasteiger partial charge in [-0.1, -0.05) is 23.7 Å². The third-order valence-electron chi connectivity index (χ3n) is 2.47. The normalized spacial score (nSPS) is 10.2. The summed E-state index contributed by atoms with van der Waals surface area (Å²) in [5, 5.41) is 0.657. The maximum absolute atomic E-state index is 12.0. The first-order valence-electron chi connectivity index (χ1n) is 5.60. The maximum Gasteiger partial charge on any atom is 0.174 e. The van der Waals surface area contributed by atoms with Crippen LogP contribution in [0.3, 0.4) is 0 Å². The number of ether oxygens (including phenoxy) is 1. The van der Waals surface area contributed by atoms with Crippen LogP contribution in [0.5, 0.6) is 5.75 Å². The zero-order valence-corrected chi connectivity index (χ0v) is 11.9. The van der Waals surface area contributed by atoms with Crippen molar-refractivity contribution in [3.05, 3.63) is 53.3 Å². The van der Waals surface area contributed by atoms with Gasteiger partial charge in [-0.25, -0.2) is 0 Å². The topological polar surface area (TPSA) is 39.2 Å². The number of halogens is 1. The van der Waals surface area contributed by atoms with E-state index < -0.39 is 0 Å². The van der Waals surface area contributed by atoms with Crippen molar-refractivity contribution < 1.29 is 9.53 Å². The van der Waals surface area contributed by atoms with Crippen molar-refractivity contribution in [1.29, 1.82) is 0 Å². The minimum Gasteiger partial charge on any atom is -0.495 e. The number of hydrogen-bond donors (Lipinski definition) is 0. The van der Waals surface area contributed by atoms with Crippen LogP contribution in [0.4, 0.5) is 0 Å². The van der Waals surface area contributed by atoms with Crippen LogP contribution >= 0.6 is 23.4 Å². The molecule has 0 amide bonds. The van der Waals surface area contributed by atoms with Gasteiger partial charge >= 0.3 is 0 Å². The first-order chi connectivity index (χ1) is 9.20. The van der Waals surface area contributed by atoms with Gasteiger partial charge < -0.3 is 4.74 Å². The zero-order chi connectivity index (χ0) is 13.7. The van der Waals surface area contributed by atoms with Crippen LogP contribution in [0.1, 0.15) is 10.4 Å². The van der Waals surface area contributed by atoms with Crippen LogP contribution < -0.4 is 4.74 Å². The van der Waals surface area contributed by atoms with E-state index in [1.807, 2.05) is 24.3 Å². The molecule has 0 spiro atoms. The van der Waals surface area contributed by atoms with Crippen molar-refractivity contribution in [3.8, 4) is 5.75 Å². The Morgan fingerprint density at radius 1 is 1.37 bits per heavy atom. The summed E-state index contributed by atoms with van der Waals surface area (Å²) < 4.78 is 5.04. The SMILES string of the molecule is COc1cncc(C(=O)CSc2ccccc2Cl)c1. The van der Waals surface area contributed by atoms with E-state index in [2.05, 4.69) is 4.98 Å². The molecule has 0 fully saturated rings. The Balaban J connectivity index is 2.03. The fraction of sp³-hybridized carbons (Fsp3) is 0.143. The van der Waals surface area contributed by atoms with Crippen molar-refractivity contribution >= 4 is 29.1 Å². The minimum atomic E-state index is -0.00341. The van der Waals surface area contributed by atoms with E-state index in [1.165, 1.54) is 18.0 Å². The van der Waals surface area contributed by atoms with Crippen molar-refractivity contribution in [1.82, 2.24) is 4.98 Å². The highest BCUT2D eigenvalue weighted by atomic mass is 35.5. The number of rotatable bonds is 5. The van der Waals surface area contributed by atoms with Gasteiger partial charge in [0.1, 0.15) is 5.75 Å². The Bertz CT molecular complexity index is 589. The molecule has 0 bridgehead atoms. The summed E-state index contributed by atoms with van der Waals surface area (Å²) in [5.41, 5.74) is 0.541. The van der Waals surface area contributed by atoms with E-state index >= 15 is 0 Å². The number of pyridine rings is 1. The van der Waals surface area contributed by atoms with Crippen molar-refractivity contribution in [3.63, 3.8) is 0 Å². The second kappa shape index (κ2) is 6.59. The van der Waals surface area contributed by atoms with Gasteiger partial charge in [0, 0.05) is 16.7 Å². The quantitative estimate of drug-likeness (QED) is 0.622. The monoisotopic (exact) mass is 293 g/mol. The van der Waals surface area contributed by atoms with Gasteiger partial charge in [0.25, 0.3) is 0 Å². The van der Waals surface area contributed by atoms with Crippen LogP contribution in [0, 0.1) is 0 Å². The highest BCUT2D eigenvalue weighted by molar-refractivity contribution is 8.00. The Hall–Kier alpha value is -1.52. The Morgan fingerprint density at radius 2 is 2.16 bits per heavy atom. The average molecular weight is 294 g/mol. The number of carbonyl (C=O) groups excluding carboxylic acids is 1. The molecule has 0 atom stereocenters. The van der Waals surface area contributed by atoms with E-state index in [9.17, 15) is 4.79 Å². The van der Waals surface area contributed by atoms with Crippen LogP contribution in [0.2, 0.25) is 5.02 Å². The van der Waals surface area contributed by atoms with Crippen molar-refractivity contribution in [2.45, 2.75) is 4.90 Å². The third-order valence-corrected chi connectivity index (χ3v) is 3.98. The molecule has 2 aromatic rings. The first kappa shape index (κ1) is 13.9. The van der Waals surface area contributed by atoms with Gasteiger partial charge in [-0.05, 0) is 18.2 Å². The Morgan fingerprint density at radius 3 is 2.89 bits per heavy atom. The number of thioether (sulfide) groups is 1. The molecule has 19 heavy (non-hydrogen) atoms. The van der Waals surface area contributed by atoms with E-state index in [1.54, 1.807) is 19.4 Å². The highest BCUT2D eigenvalue weighted by Gasteiger charge is 2.09. The molecule has 98 valence electrons. The lowest BCUT2D eigenvalue weighted by Gasteiger charge is -2.04. The number of hydrogen-bond acceptors (Lipinski definition) is 4. The largest absolute Gasteiger partial charge is 0.495 e. The summed E-state index contributed by atoms with van der Waals surface area (Å²) in [4.78, 5) is 16.9. The molecule has 2 rings (SSSR count). The third kappa shape index (κ3) is 3.72. The summed E-state index contributed by atoms with van der Waals surface area (Å²) in [6, 6.07) is 9.14. The van der Waals surface area contributed by atoms with Gasteiger partial charge in [0.15, 0.2) is 5.78 Å². The Kier molecular flexibility index (Phi) is 4.82. The average Bonchev–Trinajstić information content (AvgIpc) is 2.46. The predicted molar refractivity (Wildman–Crippen MR) is 77.3 cm³/mol. The highest BCUT2D eigenvalue weighted by Crippen LogP contribution is 2.27. The second-order valence-corrected chi connectivity index (χ2v) is 5.18. The summed E-state index contributed by atoms with van der Waals surface area (Å²) in [6.07, 6.45) is 3.11. The lowest BCUT2D eigenvalue weighted by molar-refractivity contribution is 0.102. The second-order valence-electron chi connectivity index (χ2n) is 3.76. The molecule has 0 saturated carbocycles. The number of nitrogens with zero attached hydrogens (tertiary/aromatic N) is 1. The summed E-state index contributed by atoms with van der Waals surface area (Å²) in [6.45, 7) is 0. The minimum absolute atomic E-state index is 0.00341. The molecule has 1 heterocycles. The van der Waals surface area contributed by atoms with E-state index in [4.69, 9.17) is 16.3 Å². The zero-order valence-electron chi connectivity index (χ0n) is 10.3. The molecule has 0 unspecified atom stereocenters. The summed E-state index contributed by atoms with van der Waals surface area (Å²) in [7, 11) is 1.55. The van der Waals surface area contributed by atoms with Crippen molar-refractivity contribution in [2.24, 2.45) is 0 Å². The molecule has 0 aliphatic carbocycles. The molecule has 1 aromatic carbocycles. The molecule has 0 aliphatic rings. The van der Waals surface area contributed by atoms with Gasteiger partial charge in [0.2, 0.25) is 0 Å². The number of aromatic nitrogens is 1. The fourth-order valence-electron chi connectivity index (χ4n) is 1.47. The van der Waals surface area contributed by atoms with Gasteiger partial charge in [0.05, 0.1) is 24.1 Å². The fourth-order valence-corrected chi connectivity index (χ4v) is 2.60. The number of ketones is 1. The van der Waals surface area contributed by atoms with E-state index in [-0.39, 0.29) is 5.78 Å². The lowest BCUT2D eigenvalue weighted by Crippen LogP contribution is -2.03.